The Morgan fingerprint density at radius 2 is 1.60 bits per heavy atom. The van der Waals surface area contributed by atoms with Crippen molar-refractivity contribution >= 4 is 5.97 Å². The highest BCUT2D eigenvalue weighted by Gasteiger charge is 2.72. The van der Waals surface area contributed by atoms with Crippen LogP contribution in [0.15, 0.2) is 11.6 Å². The standard InChI is InChI=1S/C36H58O11/c1-18-9-12-36(30(44)47-29-26(42)25(41)24(40)21(16-37)46-29)14-13-33(4)19(27(36)35(18,6)45)7-8-23-31(2)15-20(39)28(43)32(3,17-38)22(31)10-11-34(23,33)5/h7,18,20-29,37-43,45H,8-17H2,1-6H3/t18-,20-,21-,22+,23-,24-,25+,26-,27+,28-,29+,31+,32+,33-,34-,35-,36+/m1/s1. The molecule has 0 unspecified atom stereocenters. The Morgan fingerprint density at radius 3 is 2.23 bits per heavy atom. The van der Waals surface area contributed by atoms with Crippen LogP contribution in [0.2, 0.25) is 0 Å². The lowest BCUT2D eigenvalue weighted by Gasteiger charge is -2.72. The second-order valence-electron chi connectivity index (χ2n) is 17.5. The number of ether oxygens (including phenoxy) is 2. The first-order valence-corrected chi connectivity index (χ1v) is 17.7. The summed E-state index contributed by atoms with van der Waals surface area (Å²) in [5.74, 6) is -1.23. The Bertz CT molecular complexity index is 1270. The van der Waals surface area contributed by atoms with E-state index in [1.165, 1.54) is 0 Å². The first kappa shape index (κ1) is 35.7. The minimum absolute atomic E-state index is 0.00373. The van der Waals surface area contributed by atoms with Gasteiger partial charge in [0.15, 0.2) is 0 Å². The second kappa shape index (κ2) is 11.4. The molecule has 4 saturated carbocycles. The molecule has 0 radical (unpaired) electrons. The Morgan fingerprint density at radius 1 is 0.915 bits per heavy atom. The molecule has 0 aromatic carbocycles. The summed E-state index contributed by atoms with van der Waals surface area (Å²) in [7, 11) is 0. The van der Waals surface area contributed by atoms with Crippen molar-refractivity contribution in [1.82, 2.24) is 0 Å². The SMILES string of the molecule is C[C@@H]1CC[C@]2(C(=O)O[C@@H]3O[C@H](CO)[C@@H](O)[C@H](O)[C@H]3O)CC[C@]3(C)C(=CC[C@@H]4[C@@]5(C)C[C@@H](O)[C@@H](O)[C@@](C)(CO)[C@H]5CC[C@]43C)[C@H]2[C@]1(C)O. The topological polar surface area (TPSA) is 197 Å². The lowest BCUT2D eigenvalue weighted by atomic mass is 9.33. The monoisotopic (exact) mass is 666 g/mol. The quantitative estimate of drug-likeness (QED) is 0.160. The number of allylic oxidation sites excluding steroid dienone is 1. The van der Waals surface area contributed by atoms with Crippen LogP contribution in [-0.2, 0) is 14.3 Å². The van der Waals surface area contributed by atoms with E-state index < -0.39 is 83.3 Å². The summed E-state index contributed by atoms with van der Waals surface area (Å²) in [6, 6.07) is 0. The smallest absolute Gasteiger partial charge is 0.315 e. The van der Waals surface area contributed by atoms with E-state index in [0.29, 0.717) is 38.5 Å². The summed E-state index contributed by atoms with van der Waals surface area (Å²) in [5.41, 5.74) is -3.27. The highest BCUT2D eigenvalue weighted by molar-refractivity contribution is 5.79. The summed E-state index contributed by atoms with van der Waals surface area (Å²) in [5, 5.41) is 86.2. The maximum Gasteiger partial charge on any atom is 0.315 e. The Balaban J connectivity index is 1.40. The average molecular weight is 667 g/mol. The van der Waals surface area contributed by atoms with Crippen molar-refractivity contribution in [2.45, 2.75) is 141 Å². The molecule has 268 valence electrons. The van der Waals surface area contributed by atoms with Crippen molar-refractivity contribution in [2.75, 3.05) is 13.2 Å². The van der Waals surface area contributed by atoms with Gasteiger partial charge in [-0.25, -0.2) is 0 Å². The maximum atomic E-state index is 14.5. The third-order valence-electron chi connectivity index (χ3n) is 15.6. The normalized spacial score (nSPS) is 57.5. The molecule has 0 amide bonds. The molecule has 11 nitrogen and oxygen atoms in total. The van der Waals surface area contributed by atoms with Gasteiger partial charge in [0.1, 0.15) is 24.4 Å². The molecule has 1 aliphatic heterocycles. The van der Waals surface area contributed by atoms with Gasteiger partial charge in [0.25, 0.3) is 0 Å². The van der Waals surface area contributed by atoms with Crippen molar-refractivity contribution in [3.63, 3.8) is 0 Å². The number of esters is 1. The molecule has 1 saturated heterocycles. The zero-order valence-corrected chi connectivity index (χ0v) is 28.8. The zero-order chi connectivity index (χ0) is 34.7. The van der Waals surface area contributed by atoms with Gasteiger partial charge in [0, 0.05) is 11.3 Å². The summed E-state index contributed by atoms with van der Waals surface area (Å²) >= 11 is 0. The van der Waals surface area contributed by atoms with E-state index >= 15 is 0 Å². The number of aliphatic hydroxyl groups excluding tert-OH is 7. The highest BCUT2D eigenvalue weighted by Crippen LogP contribution is 2.76. The van der Waals surface area contributed by atoms with E-state index in [1.807, 2.05) is 20.8 Å². The van der Waals surface area contributed by atoms with Gasteiger partial charge in [0.05, 0.1) is 36.4 Å². The predicted molar refractivity (Wildman–Crippen MR) is 169 cm³/mol. The van der Waals surface area contributed by atoms with Crippen LogP contribution < -0.4 is 0 Å². The van der Waals surface area contributed by atoms with Gasteiger partial charge in [-0.1, -0.05) is 46.3 Å². The van der Waals surface area contributed by atoms with Crippen molar-refractivity contribution < 1.29 is 55.1 Å². The molecule has 1 heterocycles. The minimum Gasteiger partial charge on any atom is -0.432 e. The zero-order valence-electron chi connectivity index (χ0n) is 28.8. The van der Waals surface area contributed by atoms with Gasteiger partial charge in [-0.3, -0.25) is 4.79 Å². The first-order chi connectivity index (χ1) is 21.8. The van der Waals surface area contributed by atoms with E-state index in [4.69, 9.17) is 9.47 Å². The van der Waals surface area contributed by atoms with Crippen molar-refractivity contribution in [3.05, 3.63) is 11.6 Å². The minimum atomic E-state index is -1.72. The molecule has 17 atom stereocenters. The Kier molecular flexibility index (Phi) is 8.68. The van der Waals surface area contributed by atoms with Crippen molar-refractivity contribution in [1.29, 1.82) is 0 Å². The molecule has 5 fully saturated rings. The predicted octanol–water partition coefficient (Wildman–Crippen LogP) is 1.41. The number of rotatable bonds is 4. The van der Waals surface area contributed by atoms with E-state index in [1.54, 1.807) is 0 Å². The number of carbonyl (C=O) groups is 1. The summed E-state index contributed by atoms with van der Waals surface area (Å²) in [6.07, 6.45) is -2.75. The molecule has 5 aliphatic carbocycles. The molecular formula is C36H58O11. The number of hydrogen-bond donors (Lipinski definition) is 8. The highest BCUT2D eigenvalue weighted by atomic mass is 16.7. The molecular weight excluding hydrogens is 608 g/mol. The van der Waals surface area contributed by atoms with E-state index in [9.17, 15) is 45.6 Å². The Labute approximate surface area is 278 Å². The fourth-order valence-electron chi connectivity index (χ4n) is 12.4. The molecule has 6 aliphatic rings. The largest absolute Gasteiger partial charge is 0.432 e. The summed E-state index contributed by atoms with van der Waals surface area (Å²) in [6.45, 7) is 11.6. The van der Waals surface area contributed by atoms with E-state index in [-0.39, 0.29) is 35.2 Å². The first-order valence-electron chi connectivity index (χ1n) is 17.7. The van der Waals surface area contributed by atoms with Crippen molar-refractivity contribution in [2.24, 2.45) is 50.7 Å². The average Bonchev–Trinajstić information content (AvgIpc) is 3.02. The number of fused-ring (bicyclic) bond motifs is 7. The van der Waals surface area contributed by atoms with Gasteiger partial charge < -0.3 is 50.3 Å². The van der Waals surface area contributed by atoms with Gasteiger partial charge in [-0.05, 0) is 92.3 Å². The third kappa shape index (κ3) is 4.60. The molecule has 0 aromatic rings. The van der Waals surface area contributed by atoms with Crippen LogP contribution in [0.5, 0.6) is 0 Å². The molecule has 0 aromatic heterocycles. The van der Waals surface area contributed by atoms with Crippen molar-refractivity contribution in [3.8, 4) is 0 Å². The number of aliphatic hydroxyl groups is 8. The molecule has 0 spiro atoms. The molecule has 47 heavy (non-hydrogen) atoms. The third-order valence-corrected chi connectivity index (χ3v) is 15.6. The number of carbonyl (C=O) groups excluding carboxylic acids is 1. The maximum absolute atomic E-state index is 14.5. The van der Waals surface area contributed by atoms with Gasteiger partial charge >= 0.3 is 5.97 Å². The number of hydrogen-bond acceptors (Lipinski definition) is 11. The van der Waals surface area contributed by atoms with E-state index in [2.05, 4.69) is 26.8 Å². The molecule has 11 heteroatoms. The van der Waals surface area contributed by atoms with Gasteiger partial charge in [0.2, 0.25) is 6.29 Å². The summed E-state index contributed by atoms with van der Waals surface area (Å²) < 4.78 is 11.4. The molecule has 0 bridgehead atoms. The van der Waals surface area contributed by atoms with Crippen LogP contribution in [0.25, 0.3) is 0 Å². The lowest BCUT2D eigenvalue weighted by molar-refractivity contribution is -0.299. The molecule has 6 rings (SSSR count). The summed E-state index contributed by atoms with van der Waals surface area (Å²) in [4.78, 5) is 14.5. The molecule has 8 N–H and O–H groups in total. The van der Waals surface area contributed by atoms with Crippen LogP contribution in [0.1, 0.15) is 92.9 Å². The second-order valence-corrected chi connectivity index (χ2v) is 17.5. The van der Waals surface area contributed by atoms with Crippen LogP contribution in [0.3, 0.4) is 0 Å². The lowest BCUT2D eigenvalue weighted by Crippen LogP contribution is -2.69. The van der Waals surface area contributed by atoms with Crippen LogP contribution >= 0.6 is 0 Å². The van der Waals surface area contributed by atoms with Crippen LogP contribution in [0.4, 0.5) is 0 Å². The van der Waals surface area contributed by atoms with Crippen LogP contribution in [0, 0.1) is 50.7 Å². The van der Waals surface area contributed by atoms with E-state index in [0.717, 1.165) is 18.4 Å². The fraction of sp³-hybridized carbons (Fsp3) is 0.917. The van der Waals surface area contributed by atoms with Gasteiger partial charge in [-0.2, -0.15) is 0 Å². The van der Waals surface area contributed by atoms with Gasteiger partial charge in [-0.15, -0.1) is 0 Å². The van der Waals surface area contributed by atoms with Crippen LogP contribution in [-0.4, -0.2) is 109 Å². The Hall–Kier alpha value is -1.15. The fourth-order valence-corrected chi connectivity index (χ4v) is 12.4.